The minimum absolute atomic E-state index is 0. The second-order valence-electron chi connectivity index (χ2n) is 3.30. The molecule has 0 spiro atoms. The molecule has 18 heavy (non-hydrogen) atoms. The van der Waals surface area contributed by atoms with Gasteiger partial charge in [-0.25, -0.2) is 8.42 Å². The van der Waals surface area contributed by atoms with Gasteiger partial charge in [0.15, 0.2) is 10.7 Å². The number of thiol groups is 1. The fraction of sp³-hybridized carbons (Fsp3) is 0. The summed E-state index contributed by atoms with van der Waals surface area (Å²) in [4.78, 5) is 0.372. The second kappa shape index (κ2) is 10.8. The molecule has 0 bridgehead atoms. The summed E-state index contributed by atoms with van der Waals surface area (Å²) in [5.41, 5.74) is 0. The van der Waals surface area contributed by atoms with Crippen LogP contribution in [0.2, 0.25) is 0 Å². The van der Waals surface area contributed by atoms with Gasteiger partial charge in [-0.2, -0.15) is 0 Å². The van der Waals surface area contributed by atoms with Crippen LogP contribution >= 0.6 is 8.58 Å². The predicted molar refractivity (Wildman–Crippen MR) is 83.3 cm³/mol. The first kappa shape index (κ1) is 20.1. The zero-order chi connectivity index (χ0) is 11.4. The molecule has 0 aromatic heterocycles. The summed E-state index contributed by atoms with van der Waals surface area (Å²) in [5, 5.41) is 2.40. The fourth-order valence-corrected chi connectivity index (χ4v) is 2.77. The van der Waals surface area contributed by atoms with Crippen LogP contribution in [0.5, 0.6) is 0 Å². The molecular weight excluding hydrogens is 317 g/mol. The molecule has 0 aliphatic heterocycles. The summed E-state index contributed by atoms with van der Waals surface area (Å²) in [6.45, 7) is 0. The summed E-state index contributed by atoms with van der Waals surface area (Å²) >= 11 is 0. The first-order valence-corrected chi connectivity index (χ1v) is 7.00. The second-order valence-corrected chi connectivity index (χ2v) is 5.73. The van der Waals surface area contributed by atoms with E-state index in [2.05, 4.69) is 12.1 Å². The van der Waals surface area contributed by atoms with Crippen molar-refractivity contribution in [3.8, 4) is 0 Å². The third-order valence-electron chi connectivity index (χ3n) is 2.14. The van der Waals surface area contributed by atoms with Crippen LogP contribution < -0.4 is 10.6 Å². The van der Waals surface area contributed by atoms with E-state index in [0.717, 1.165) is 5.30 Å². The molecule has 0 saturated heterocycles. The van der Waals surface area contributed by atoms with E-state index in [1.807, 2.05) is 30.3 Å². The summed E-state index contributed by atoms with van der Waals surface area (Å²) in [5.74, 6) is 0. The molecule has 0 saturated carbocycles. The normalized spacial score (nSPS) is 10.1. The van der Waals surface area contributed by atoms with Crippen molar-refractivity contribution in [3.63, 3.8) is 0 Å². The van der Waals surface area contributed by atoms with Gasteiger partial charge in [0.25, 0.3) is 0 Å². The third kappa shape index (κ3) is 6.70. The molecule has 0 amide bonds. The van der Waals surface area contributed by atoms with Crippen molar-refractivity contribution in [2.75, 3.05) is 0 Å². The first-order chi connectivity index (χ1) is 7.75. The molecule has 2 aromatic carbocycles. The van der Waals surface area contributed by atoms with E-state index in [1.165, 1.54) is 5.30 Å². The summed E-state index contributed by atoms with van der Waals surface area (Å²) in [6.07, 6.45) is 0. The van der Waals surface area contributed by atoms with Crippen molar-refractivity contribution in [1.29, 1.82) is 0 Å². The Balaban J connectivity index is 0.00000144. The van der Waals surface area contributed by atoms with Gasteiger partial charge in [0.05, 0.1) is 4.90 Å². The SMILES string of the molecule is O=[SH](=O)c1ccc(Pc2ccccc2)cc1.[KH].[KH]. The van der Waals surface area contributed by atoms with Crippen LogP contribution in [-0.2, 0) is 10.7 Å². The maximum absolute atomic E-state index is 10.7. The molecule has 0 N–H and O–H groups in total. The van der Waals surface area contributed by atoms with Crippen molar-refractivity contribution in [1.82, 2.24) is 0 Å². The van der Waals surface area contributed by atoms with Gasteiger partial charge in [-0.15, -0.1) is 0 Å². The maximum atomic E-state index is 10.7. The molecule has 0 fully saturated rings. The zero-order valence-electron chi connectivity index (χ0n) is 8.46. The minimum atomic E-state index is -2.46. The van der Waals surface area contributed by atoms with Crippen LogP contribution in [0, 0.1) is 0 Å². The van der Waals surface area contributed by atoms with Crippen LogP contribution in [0.1, 0.15) is 0 Å². The van der Waals surface area contributed by atoms with Crippen molar-refractivity contribution < 1.29 is 8.42 Å². The topological polar surface area (TPSA) is 34.1 Å². The molecule has 6 heteroatoms. The van der Waals surface area contributed by atoms with Gasteiger partial charge < -0.3 is 0 Å². The van der Waals surface area contributed by atoms with E-state index in [1.54, 1.807) is 12.1 Å². The number of rotatable bonds is 3. The molecule has 86 valence electrons. The summed E-state index contributed by atoms with van der Waals surface area (Å²) in [7, 11) is -1.89. The molecule has 2 nitrogen and oxygen atoms in total. The third-order valence-corrected chi connectivity index (χ3v) is 4.10. The Labute approximate surface area is 196 Å². The molecular formula is C12H13K2O2PS. The van der Waals surface area contributed by atoms with Gasteiger partial charge in [-0.05, 0) is 22.7 Å². The van der Waals surface area contributed by atoms with Gasteiger partial charge in [0.2, 0.25) is 0 Å². The Morgan fingerprint density at radius 3 is 1.72 bits per heavy atom. The molecule has 0 heterocycles. The van der Waals surface area contributed by atoms with Gasteiger partial charge in [0.1, 0.15) is 0 Å². The zero-order valence-corrected chi connectivity index (χ0v) is 10.4. The Kier molecular flexibility index (Phi) is 12.0. The fourth-order valence-electron chi connectivity index (χ4n) is 1.35. The van der Waals surface area contributed by atoms with Crippen LogP contribution in [0.3, 0.4) is 0 Å². The van der Waals surface area contributed by atoms with E-state index < -0.39 is 10.7 Å². The van der Waals surface area contributed by atoms with Crippen molar-refractivity contribution in [3.05, 3.63) is 54.6 Å². The standard InChI is InChI=1S/C12H11O2PS.2K.2H/c13-16(14)12-8-6-11(7-9-12)15-10-4-2-1-3-5-10;;;;/h1-9,15-16H;;;;. The van der Waals surface area contributed by atoms with E-state index >= 15 is 0 Å². The van der Waals surface area contributed by atoms with Gasteiger partial charge >= 0.3 is 103 Å². The van der Waals surface area contributed by atoms with Crippen molar-refractivity contribution in [2.45, 2.75) is 4.90 Å². The molecule has 1 unspecified atom stereocenters. The summed E-state index contributed by atoms with van der Waals surface area (Å²) in [6, 6.07) is 17.2. The number of hydrogen-bond donors (Lipinski definition) is 1. The Bertz CT molecular complexity index is 534. The van der Waals surface area contributed by atoms with Crippen LogP contribution in [0.15, 0.2) is 59.5 Å². The van der Waals surface area contributed by atoms with Gasteiger partial charge in [-0.1, -0.05) is 51.0 Å². The summed E-state index contributed by atoms with van der Waals surface area (Å²) < 4.78 is 21.4. The van der Waals surface area contributed by atoms with Gasteiger partial charge in [-0.3, -0.25) is 0 Å². The predicted octanol–water partition coefficient (Wildman–Crippen LogP) is -0.0108. The van der Waals surface area contributed by atoms with Crippen LogP contribution in [0.25, 0.3) is 0 Å². The van der Waals surface area contributed by atoms with Gasteiger partial charge in [0, 0.05) is 0 Å². The van der Waals surface area contributed by atoms with E-state index in [0.29, 0.717) is 13.5 Å². The van der Waals surface area contributed by atoms with Crippen LogP contribution in [-0.4, -0.2) is 111 Å². The number of hydrogen-bond acceptors (Lipinski definition) is 2. The monoisotopic (exact) mass is 330 g/mol. The van der Waals surface area contributed by atoms with E-state index in [-0.39, 0.29) is 103 Å². The molecule has 2 aromatic rings. The average molecular weight is 330 g/mol. The van der Waals surface area contributed by atoms with E-state index in [4.69, 9.17) is 0 Å². The van der Waals surface area contributed by atoms with Crippen molar-refractivity contribution in [2.24, 2.45) is 0 Å². The average Bonchev–Trinajstić information content (AvgIpc) is 2.31. The van der Waals surface area contributed by atoms with Crippen molar-refractivity contribution >= 4 is 133 Å². The van der Waals surface area contributed by atoms with Crippen LogP contribution in [0.4, 0.5) is 0 Å². The first-order valence-electron chi connectivity index (χ1n) is 4.82. The Morgan fingerprint density at radius 2 is 1.22 bits per heavy atom. The molecule has 0 aliphatic carbocycles. The van der Waals surface area contributed by atoms with E-state index in [9.17, 15) is 8.42 Å². The molecule has 0 aliphatic rings. The molecule has 2 rings (SSSR count). The molecule has 0 radical (unpaired) electrons. The quantitative estimate of drug-likeness (QED) is 0.488. The Morgan fingerprint density at radius 1 is 0.722 bits per heavy atom. The Hall–Kier alpha value is 2.09. The number of benzene rings is 2. The molecule has 1 atom stereocenters.